The van der Waals surface area contributed by atoms with Gasteiger partial charge in [-0.05, 0) is 62.9 Å². The molecule has 19 heavy (non-hydrogen) atoms. The predicted molar refractivity (Wildman–Crippen MR) is 82.7 cm³/mol. The normalized spacial score (nSPS) is 16.4. The van der Waals surface area contributed by atoms with Crippen LogP contribution < -0.4 is 5.32 Å². The lowest BCUT2D eigenvalue weighted by Crippen LogP contribution is -2.30. The van der Waals surface area contributed by atoms with Crippen LogP contribution in [-0.4, -0.2) is 31.6 Å². The minimum atomic E-state index is 0.456. The van der Waals surface area contributed by atoms with Crippen LogP contribution in [0.15, 0.2) is 18.2 Å². The molecule has 1 aromatic carbocycles. The number of nitrogens with one attached hydrogen (secondary N) is 1. The topological polar surface area (TPSA) is 15.3 Å². The van der Waals surface area contributed by atoms with Crippen molar-refractivity contribution in [1.29, 1.82) is 0 Å². The molecule has 1 N–H and O–H groups in total. The quantitative estimate of drug-likeness (QED) is 0.845. The summed E-state index contributed by atoms with van der Waals surface area (Å²) in [4.78, 5) is 2.34. The molecule has 0 saturated carbocycles. The zero-order valence-electron chi connectivity index (χ0n) is 12.7. The van der Waals surface area contributed by atoms with Crippen LogP contribution in [0, 0.1) is 0 Å². The standard InChI is InChI=1S/C17H28N2/c1-4-19(3)12-11-18-14(2)16-10-9-15-7-5-6-8-17(15)13-16/h9-10,13-14,18H,4-8,11-12H2,1-3H3. The third-order valence-corrected chi connectivity index (χ3v) is 4.36. The van der Waals surface area contributed by atoms with Crippen LogP contribution in [-0.2, 0) is 12.8 Å². The Morgan fingerprint density at radius 3 is 2.68 bits per heavy atom. The van der Waals surface area contributed by atoms with Gasteiger partial charge in [-0.3, -0.25) is 0 Å². The highest BCUT2D eigenvalue weighted by Crippen LogP contribution is 2.24. The molecule has 0 radical (unpaired) electrons. The van der Waals surface area contributed by atoms with Crippen molar-refractivity contribution in [1.82, 2.24) is 10.2 Å². The molecule has 1 aliphatic carbocycles. The minimum absolute atomic E-state index is 0.456. The third kappa shape index (κ3) is 4.05. The van der Waals surface area contributed by atoms with E-state index < -0.39 is 0 Å². The maximum Gasteiger partial charge on any atom is 0.0292 e. The number of hydrogen-bond acceptors (Lipinski definition) is 2. The second-order valence-corrected chi connectivity index (χ2v) is 5.81. The van der Waals surface area contributed by atoms with Gasteiger partial charge in [-0.15, -0.1) is 0 Å². The van der Waals surface area contributed by atoms with Gasteiger partial charge < -0.3 is 10.2 Å². The van der Waals surface area contributed by atoms with Crippen molar-refractivity contribution in [3.05, 3.63) is 34.9 Å². The van der Waals surface area contributed by atoms with Gasteiger partial charge in [0.2, 0.25) is 0 Å². The van der Waals surface area contributed by atoms with Crippen molar-refractivity contribution in [3.8, 4) is 0 Å². The van der Waals surface area contributed by atoms with Crippen LogP contribution in [0.5, 0.6) is 0 Å². The molecular formula is C17H28N2. The van der Waals surface area contributed by atoms with E-state index >= 15 is 0 Å². The van der Waals surface area contributed by atoms with Gasteiger partial charge in [0.1, 0.15) is 0 Å². The van der Waals surface area contributed by atoms with E-state index in [0.717, 1.165) is 19.6 Å². The molecule has 0 amide bonds. The zero-order chi connectivity index (χ0) is 13.7. The number of fused-ring (bicyclic) bond motifs is 1. The molecule has 0 heterocycles. The first-order chi connectivity index (χ1) is 9.20. The Hall–Kier alpha value is -0.860. The van der Waals surface area contributed by atoms with Crippen molar-refractivity contribution in [3.63, 3.8) is 0 Å². The largest absolute Gasteiger partial charge is 0.309 e. The Balaban J connectivity index is 1.90. The maximum atomic E-state index is 3.63. The van der Waals surface area contributed by atoms with Crippen molar-refractivity contribution >= 4 is 0 Å². The summed E-state index contributed by atoms with van der Waals surface area (Å²) in [6.45, 7) is 7.77. The number of benzene rings is 1. The summed E-state index contributed by atoms with van der Waals surface area (Å²) < 4.78 is 0. The van der Waals surface area contributed by atoms with Crippen molar-refractivity contribution in [2.75, 3.05) is 26.7 Å². The molecule has 2 nitrogen and oxygen atoms in total. The predicted octanol–water partition coefficient (Wildman–Crippen LogP) is 3.17. The van der Waals surface area contributed by atoms with E-state index in [-0.39, 0.29) is 0 Å². The molecule has 0 bridgehead atoms. The fourth-order valence-electron chi connectivity index (χ4n) is 2.77. The molecule has 0 saturated heterocycles. The van der Waals surface area contributed by atoms with Crippen LogP contribution in [0.4, 0.5) is 0 Å². The van der Waals surface area contributed by atoms with Crippen molar-refractivity contribution in [2.24, 2.45) is 0 Å². The SMILES string of the molecule is CCN(C)CCNC(C)c1ccc2c(c1)CCCC2. The number of likely N-dealkylation sites (N-methyl/N-ethyl adjacent to an activating group) is 1. The fraction of sp³-hybridized carbons (Fsp3) is 0.647. The lowest BCUT2D eigenvalue weighted by Gasteiger charge is -2.21. The van der Waals surface area contributed by atoms with E-state index in [1.165, 1.54) is 31.2 Å². The summed E-state index contributed by atoms with van der Waals surface area (Å²) in [5.41, 5.74) is 4.61. The first kappa shape index (κ1) is 14.5. The Morgan fingerprint density at radius 1 is 1.21 bits per heavy atom. The molecule has 0 aromatic heterocycles. The molecule has 2 rings (SSSR count). The van der Waals surface area contributed by atoms with Crippen molar-refractivity contribution in [2.45, 2.75) is 45.6 Å². The van der Waals surface area contributed by atoms with E-state index in [2.05, 4.69) is 49.3 Å². The molecule has 0 spiro atoms. The van der Waals surface area contributed by atoms with Gasteiger partial charge in [0.05, 0.1) is 0 Å². The maximum absolute atomic E-state index is 3.63. The van der Waals surface area contributed by atoms with E-state index in [9.17, 15) is 0 Å². The van der Waals surface area contributed by atoms with Crippen molar-refractivity contribution < 1.29 is 0 Å². The Morgan fingerprint density at radius 2 is 1.95 bits per heavy atom. The summed E-state index contributed by atoms with van der Waals surface area (Å²) in [7, 11) is 2.17. The number of rotatable bonds is 6. The molecule has 106 valence electrons. The molecule has 1 aliphatic rings. The molecule has 0 aliphatic heterocycles. The second kappa shape index (κ2) is 7.06. The lowest BCUT2D eigenvalue weighted by molar-refractivity contribution is 0.342. The third-order valence-electron chi connectivity index (χ3n) is 4.36. The molecule has 1 unspecified atom stereocenters. The van der Waals surface area contributed by atoms with Gasteiger partial charge >= 0.3 is 0 Å². The van der Waals surface area contributed by atoms with Gasteiger partial charge in [-0.2, -0.15) is 0 Å². The van der Waals surface area contributed by atoms with Gasteiger partial charge in [0, 0.05) is 19.1 Å². The summed E-state index contributed by atoms with van der Waals surface area (Å²) in [6.07, 6.45) is 5.27. The monoisotopic (exact) mass is 260 g/mol. The number of aryl methyl sites for hydroxylation is 2. The van der Waals surface area contributed by atoms with Crippen LogP contribution in [0.3, 0.4) is 0 Å². The zero-order valence-corrected chi connectivity index (χ0v) is 12.7. The molecular weight excluding hydrogens is 232 g/mol. The van der Waals surface area contributed by atoms with Gasteiger partial charge in [-0.25, -0.2) is 0 Å². The second-order valence-electron chi connectivity index (χ2n) is 5.81. The van der Waals surface area contributed by atoms with Gasteiger partial charge in [0.15, 0.2) is 0 Å². The Labute approximate surface area is 118 Å². The van der Waals surface area contributed by atoms with Crippen LogP contribution >= 0.6 is 0 Å². The van der Waals surface area contributed by atoms with E-state index in [1.54, 1.807) is 11.1 Å². The van der Waals surface area contributed by atoms with E-state index in [4.69, 9.17) is 0 Å². The molecule has 1 aromatic rings. The van der Waals surface area contributed by atoms with E-state index in [0.29, 0.717) is 6.04 Å². The molecule has 2 heteroatoms. The number of hydrogen-bond donors (Lipinski definition) is 1. The minimum Gasteiger partial charge on any atom is -0.309 e. The Kier molecular flexibility index (Phi) is 5.41. The van der Waals surface area contributed by atoms with Gasteiger partial charge in [-0.1, -0.05) is 25.1 Å². The summed E-state index contributed by atoms with van der Waals surface area (Å²) in [5.74, 6) is 0. The fourth-order valence-corrected chi connectivity index (χ4v) is 2.77. The summed E-state index contributed by atoms with van der Waals surface area (Å²) in [6, 6.07) is 7.54. The first-order valence-electron chi connectivity index (χ1n) is 7.74. The summed E-state index contributed by atoms with van der Waals surface area (Å²) in [5, 5.41) is 3.63. The van der Waals surface area contributed by atoms with E-state index in [1.807, 2.05) is 0 Å². The van der Waals surface area contributed by atoms with Gasteiger partial charge in [0.25, 0.3) is 0 Å². The average Bonchev–Trinajstić information content (AvgIpc) is 2.46. The van der Waals surface area contributed by atoms with Crippen LogP contribution in [0.25, 0.3) is 0 Å². The highest BCUT2D eigenvalue weighted by molar-refractivity contribution is 5.35. The highest BCUT2D eigenvalue weighted by atomic mass is 15.1. The average molecular weight is 260 g/mol. The molecule has 1 atom stereocenters. The Bertz CT molecular complexity index is 400. The highest BCUT2D eigenvalue weighted by Gasteiger charge is 2.12. The molecule has 0 fully saturated rings. The summed E-state index contributed by atoms with van der Waals surface area (Å²) >= 11 is 0. The smallest absolute Gasteiger partial charge is 0.0292 e. The number of nitrogens with zero attached hydrogens (tertiary/aromatic N) is 1. The van der Waals surface area contributed by atoms with Crippen LogP contribution in [0.2, 0.25) is 0 Å². The lowest BCUT2D eigenvalue weighted by atomic mass is 9.89. The van der Waals surface area contributed by atoms with Crippen LogP contribution in [0.1, 0.15) is 49.4 Å². The first-order valence-corrected chi connectivity index (χ1v) is 7.74.